The molecule has 0 saturated carbocycles. The summed E-state index contributed by atoms with van der Waals surface area (Å²) in [6, 6.07) is 13.8. The quantitative estimate of drug-likeness (QED) is 0.750. The molecule has 0 saturated heterocycles. The molecule has 0 aromatic heterocycles. The number of carbonyl (C=O) groups is 1. The highest BCUT2D eigenvalue weighted by atomic mass is 32.2. The number of rotatable bonds is 7. The molecule has 2 aromatic carbocycles. The highest BCUT2D eigenvalue weighted by Gasteiger charge is 2.15. The molecule has 0 aliphatic heterocycles. The van der Waals surface area contributed by atoms with E-state index in [0.717, 1.165) is 30.2 Å². The molecule has 6 heteroatoms. The van der Waals surface area contributed by atoms with Gasteiger partial charge in [-0.1, -0.05) is 30.3 Å². The Balaban J connectivity index is 1.58. The Morgan fingerprint density at radius 3 is 2.39 bits per heavy atom. The second-order valence-corrected chi connectivity index (χ2v) is 9.38. The first kappa shape index (κ1) is 20.6. The van der Waals surface area contributed by atoms with Crippen molar-refractivity contribution < 1.29 is 13.2 Å². The summed E-state index contributed by atoms with van der Waals surface area (Å²) in [6.07, 6.45) is 6.51. The summed E-state index contributed by atoms with van der Waals surface area (Å²) in [7, 11) is -3.18. The molecule has 1 aliphatic carbocycles. The molecule has 2 N–H and O–H groups in total. The minimum absolute atomic E-state index is 0.0571. The maximum atomic E-state index is 12.6. The number of nitrogens with one attached hydrogen (secondary N) is 2. The monoisotopic (exact) mass is 400 g/mol. The highest BCUT2D eigenvalue weighted by Crippen LogP contribution is 2.25. The number of benzene rings is 2. The first-order valence-corrected chi connectivity index (χ1v) is 11.7. The van der Waals surface area contributed by atoms with Crippen LogP contribution in [0.5, 0.6) is 0 Å². The van der Waals surface area contributed by atoms with Crippen molar-refractivity contribution >= 4 is 15.9 Å². The van der Waals surface area contributed by atoms with E-state index < -0.39 is 10.0 Å². The van der Waals surface area contributed by atoms with E-state index in [1.165, 1.54) is 24.0 Å². The van der Waals surface area contributed by atoms with Gasteiger partial charge in [0.05, 0.1) is 12.3 Å². The van der Waals surface area contributed by atoms with Gasteiger partial charge in [-0.15, -0.1) is 0 Å². The van der Waals surface area contributed by atoms with E-state index in [4.69, 9.17) is 0 Å². The van der Waals surface area contributed by atoms with E-state index in [2.05, 4.69) is 28.2 Å². The summed E-state index contributed by atoms with van der Waals surface area (Å²) in [5, 5.41) is 3.07. The van der Waals surface area contributed by atoms with Gasteiger partial charge in [0, 0.05) is 12.1 Å². The second kappa shape index (κ2) is 8.88. The Morgan fingerprint density at radius 2 is 1.71 bits per heavy atom. The van der Waals surface area contributed by atoms with Crippen molar-refractivity contribution in [2.75, 3.05) is 12.8 Å². The summed E-state index contributed by atoms with van der Waals surface area (Å²) < 4.78 is 24.7. The van der Waals surface area contributed by atoms with Gasteiger partial charge >= 0.3 is 0 Å². The normalized spacial score (nSPS) is 14.9. The van der Waals surface area contributed by atoms with Crippen LogP contribution in [0.3, 0.4) is 0 Å². The Hall–Kier alpha value is -2.18. The minimum Gasteiger partial charge on any atom is -0.346 e. The van der Waals surface area contributed by atoms with Crippen LogP contribution in [-0.4, -0.2) is 27.1 Å². The van der Waals surface area contributed by atoms with Crippen molar-refractivity contribution in [2.24, 2.45) is 0 Å². The molecule has 0 radical (unpaired) electrons. The Kier molecular flexibility index (Phi) is 6.52. The van der Waals surface area contributed by atoms with Crippen molar-refractivity contribution in [1.29, 1.82) is 0 Å². The lowest BCUT2D eigenvalue weighted by atomic mass is 9.89. The van der Waals surface area contributed by atoms with Crippen LogP contribution in [0.4, 0.5) is 0 Å². The summed E-state index contributed by atoms with van der Waals surface area (Å²) in [6.45, 7) is 2.35. The molecule has 28 heavy (non-hydrogen) atoms. The molecule has 1 amide bonds. The predicted octanol–water partition coefficient (Wildman–Crippen LogP) is 3.15. The first-order valence-electron chi connectivity index (χ1n) is 9.78. The fraction of sp³-hybridized carbons (Fsp3) is 0.409. The number of sulfonamides is 1. The fourth-order valence-electron chi connectivity index (χ4n) is 3.59. The van der Waals surface area contributed by atoms with E-state index in [-0.39, 0.29) is 11.9 Å². The van der Waals surface area contributed by atoms with E-state index in [0.29, 0.717) is 18.5 Å². The second-order valence-electron chi connectivity index (χ2n) is 7.54. The Labute approximate surface area is 167 Å². The van der Waals surface area contributed by atoms with Crippen molar-refractivity contribution in [3.05, 3.63) is 70.3 Å². The lowest BCUT2D eigenvalue weighted by Gasteiger charge is -2.20. The molecule has 2 aromatic rings. The molecule has 1 aliphatic rings. The molecule has 5 nitrogen and oxygen atoms in total. The van der Waals surface area contributed by atoms with Gasteiger partial charge in [-0.2, -0.15) is 0 Å². The fourth-order valence-corrected chi connectivity index (χ4v) is 4.06. The molecule has 0 spiro atoms. The van der Waals surface area contributed by atoms with Gasteiger partial charge < -0.3 is 5.32 Å². The average molecular weight is 401 g/mol. The van der Waals surface area contributed by atoms with Crippen LogP contribution in [0.2, 0.25) is 0 Å². The van der Waals surface area contributed by atoms with Crippen LogP contribution < -0.4 is 10.0 Å². The summed E-state index contributed by atoms with van der Waals surface area (Å²) >= 11 is 0. The smallest absolute Gasteiger partial charge is 0.251 e. The third kappa shape index (κ3) is 5.66. The van der Waals surface area contributed by atoms with E-state index >= 15 is 0 Å². The molecule has 0 heterocycles. The van der Waals surface area contributed by atoms with Gasteiger partial charge in [-0.25, -0.2) is 13.1 Å². The van der Waals surface area contributed by atoms with Crippen molar-refractivity contribution in [3.8, 4) is 0 Å². The van der Waals surface area contributed by atoms with Gasteiger partial charge in [-0.05, 0) is 73.4 Å². The van der Waals surface area contributed by atoms with Gasteiger partial charge in [-0.3, -0.25) is 4.79 Å². The Bertz CT molecular complexity index is 937. The summed E-state index contributed by atoms with van der Waals surface area (Å²) in [4.78, 5) is 12.6. The van der Waals surface area contributed by atoms with E-state index in [1.54, 1.807) is 12.1 Å². The number of carbonyl (C=O) groups excluding carboxylic acids is 1. The molecular formula is C22H28N2O3S. The lowest BCUT2D eigenvalue weighted by molar-refractivity contribution is 0.0940. The zero-order valence-corrected chi connectivity index (χ0v) is 17.3. The van der Waals surface area contributed by atoms with Crippen LogP contribution in [0.1, 0.15) is 58.4 Å². The molecule has 0 fully saturated rings. The summed E-state index contributed by atoms with van der Waals surface area (Å²) in [5.41, 5.74) is 5.57. The van der Waals surface area contributed by atoms with Gasteiger partial charge in [0.2, 0.25) is 10.0 Å². The van der Waals surface area contributed by atoms with E-state index in [9.17, 15) is 13.2 Å². The van der Waals surface area contributed by atoms with Crippen LogP contribution in [-0.2, 0) is 29.3 Å². The third-order valence-corrected chi connectivity index (χ3v) is 5.94. The number of amides is 1. The third-order valence-electron chi connectivity index (χ3n) is 5.21. The van der Waals surface area contributed by atoms with Crippen LogP contribution in [0.15, 0.2) is 42.5 Å². The standard InChI is InChI=1S/C22H28N2O3S/c1-16(20-12-11-18-5-3-4-6-21(18)15-20)24-22(25)19-9-7-17(8-10-19)13-14-23-28(2,26)27/h7-12,15-16,23H,3-6,13-14H2,1-2H3,(H,24,25)/t16-/m0/s1. The van der Waals surface area contributed by atoms with Crippen molar-refractivity contribution in [1.82, 2.24) is 10.0 Å². The van der Waals surface area contributed by atoms with E-state index in [1.807, 2.05) is 19.1 Å². The first-order chi connectivity index (χ1) is 13.3. The van der Waals surface area contributed by atoms with Crippen LogP contribution >= 0.6 is 0 Å². The van der Waals surface area contributed by atoms with Gasteiger partial charge in [0.25, 0.3) is 5.91 Å². The molecule has 1 atom stereocenters. The topological polar surface area (TPSA) is 75.3 Å². The maximum Gasteiger partial charge on any atom is 0.251 e. The molecule has 0 unspecified atom stereocenters. The summed E-state index contributed by atoms with van der Waals surface area (Å²) in [5.74, 6) is -0.106. The number of hydrogen-bond acceptors (Lipinski definition) is 3. The molecular weight excluding hydrogens is 372 g/mol. The van der Waals surface area contributed by atoms with Crippen molar-refractivity contribution in [3.63, 3.8) is 0 Å². The predicted molar refractivity (Wildman–Crippen MR) is 112 cm³/mol. The highest BCUT2D eigenvalue weighted by molar-refractivity contribution is 7.88. The lowest BCUT2D eigenvalue weighted by Crippen LogP contribution is -2.27. The Morgan fingerprint density at radius 1 is 1.04 bits per heavy atom. The minimum atomic E-state index is -3.18. The largest absolute Gasteiger partial charge is 0.346 e. The average Bonchev–Trinajstić information content (AvgIpc) is 2.67. The number of aryl methyl sites for hydroxylation is 2. The van der Waals surface area contributed by atoms with Crippen LogP contribution in [0, 0.1) is 0 Å². The maximum absolute atomic E-state index is 12.6. The number of hydrogen-bond donors (Lipinski definition) is 2. The number of fused-ring (bicyclic) bond motifs is 1. The van der Waals surface area contributed by atoms with Crippen LogP contribution in [0.25, 0.3) is 0 Å². The van der Waals surface area contributed by atoms with Gasteiger partial charge in [0.15, 0.2) is 0 Å². The molecule has 0 bridgehead atoms. The molecule has 3 rings (SSSR count). The zero-order chi connectivity index (χ0) is 20.1. The zero-order valence-electron chi connectivity index (χ0n) is 16.5. The SMILES string of the molecule is C[C@H](NC(=O)c1ccc(CCNS(C)(=O)=O)cc1)c1ccc2c(c1)CCCC2. The molecule has 150 valence electrons. The van der Waals surface area contributed by atoms with Gasteiger partial charge in [0.1, 0.15) is 0 Å². The van der Waals surface area contributed by atoms with Crippen molar-refractivity contribution in [2.45, 2.75) is 45.1 Å².